The standard InChI is InChI=1S/C23H30F2N2O4S/c1-16-10-22(23(28)27(2)13-16)19(12-26-32(29,30)15-24)14-31-21-8-6-17(7-9-21)18-4-3-5-20(25)11-18/h3-5,10-11,13,17,19,21,26H,6-9,12,14-15H2,1-2H3/t17-,19-,21+/m1/s1. The van der Waals surface area contributed by atoms with Gasteiger partial charge in [-0.2, -0.15) is 0 Å². The summed E-state index contributed by atoms with van der Waals surface area (Å²) in [5.74, 6) is -0.503. The third kappa shape index (κ3) is 6.46. The number of hydrogen-bond acceptors (Lipinski definition) is 4. The zero-order chi connectivity index (χ0) is 23.3. The zero-order valence-corrected chi connectivity index (χ0v) is 19.2. The van der Waals surface area contributed by atoms with Crippen molar-refractivity contribution >= 4 is 10.0 Å². The number of nitrogens with one attached hydrogen (secondary N) is 1. The van der Waals surface area contributed by atoms with Crippen molar-refractivity contribution < 1.29 is 21.9 Å². The predicted molar refractivity (Wildman–Crippen MR) is 119 cm³/mol. The molecule has 1 fully saturated rings. The lowest BCUT2D eigenvalue weighted by Crippen LogP contribution is -2.35. The number of benzene rings is 1. The molecule has 0 spiro atoms. The molecule has 1 N–H and O–H groups in total. The van der Waals surface area contributed by atoms with Crippen LogP contribution >= 0.6 is 0 Å². The Morgan fingerprint density at radius 2 is 1.94 bits per heavy atom. The van der Waals surface area contributed by atoms with Gasteiger partial charge in [0.2, 0.25) is 16.0 Å². The summed E-state index contributed by atoms with van der Waals surface area (Å²) in [5, 5.41) is 0. The van der Waals surface area contributed by atoms with E-state index in [9.17, 15) is 22.0 Å². The third-order valence-corrected chi connectivity index (χ3v) is 6.90. The number of sulfonamides is 1. The minimum atomic E-state index is -4.05. The molecule has 0 unspecified atom stereocenters. The molecule has 0 amide bonds. The van der Waals surface area contributed by atoms with Crippen molar-refractivity contribution in [1.29, 1.82) is 0 Å². The molecule has 1 aromatic heterocycles. The van der Waals surface area contributed by atoms with Crippen LogP contribution in [0.25, 0.3) is 0 Å². The number of rotatable bonds is 9. The maximum absolute atomic E-state index is 13.5. The van der Waals surface area contributed by atoms with Crippen LogP contribution in [0.5, 0.6) is 0 Å². The van der Waals surface area contributed by atoms with Gasteiger partial charge in [-0.25, -0.2) is 21.9 Å². The van der Waals surface area contributed by atoms with E-state index in [1.165, 1.54) is 10.6 Å². The summed E-state index contributed by atoms with van der Waals surface area (Å²) < 4.78 is 59.3. The first kappa shape index (κ1) is 24.5. The average molecular weight is 469 g/mol. The molecule has 6 nitrogen and oxygen atoms in total. The molecule has 1 saturated carbocycles. The second kappa shape index (κ2) is 10.7. The highest BCUT2D eigenvalue weighted by Gasteiger charge is 2.26. The van der Waals surface area contributed by atoms with E-state index in [-0.39, 0.29) is 36.5 Å². The normalized spacial score (nSPS) is 20.2. The first-order valence-electron chi connectivity index (χ1n) is 10.8. The lowest BCUT2D eigenvalue weighted by molar-refractivity contribution is 0.0168. The van der Waals surface area contributed by atoms with Gasteiger partial charge < -0.3 is 9.30 Å². The monoisotopic (exact) mass is 468 g/mol. The predicted octanol–water partition coefficient (Wildman–Crippen LogP) is 3.51. The molecular weight excluding hydrogens is 438 g/mol. The van der Waals surface area contributed by atoms with Gasteiger partial charge in [0, 0.05) is 31.3 Å². The van der Waals surface area contributed by atoms with Crippen LogP contribution < -0.4 is 10.3 Å². The first-order chi connectivity index (χ1) is 15.2. The Bertz CT molecular complexity index is 1080. The molecular formula is C23H30F2N2O4S. The minimum absolute atomic E-state index is 0.0336. The van der Waals surface area contributed by atoms with Gasteiger partial charge in [-0.05, 0) is 67.9 Å². The smallest absolute Gasteiger partial charge is 0.253 e. The summed E-state index contributed by atoms with van der Waals surface area (Å²) in [6, 6.07) is 6.88. The Balaban J connectivity index is 1.66. The number of alkyl halides is 1. The fraction of sp³-hybridized carbons (Fsp3) is 0.522. The molecule has 1 aromatic carbocycles. The second-order valence-corrected chi connectivity index (χ2v) is 10.3. The third-order valence-electron chi connectivity index (χ3n) is 6.01. The number of halogens is 2. The van der Waals surface area contributed by atoms with Crippen molar-refractivity contribution in [3.8, 4) is 0 Å². The van der Waals surface area contributed by atoms with E-state index in [0.717, 1.165) is 36.8 Å². The van der Waals surface area contributed by atoms with E-state index < -0.39 is 21.9 Å². The first-order valence-corrected chi connectivity index (χ1v) is 12.4. The van der Waals surface area contributed by atoms with Crippen LogP contribution in [-0.2, 0) is 21.8 Å². The molecule has 0 bridgehead atoms. The molecule has 32 heavy (non-hydrogen) atoms. The highest BCUT2D eigenvalue weighted by molar-refractivity contribution is 7.89. The van der Waals surface area contributed by atoms with E-state index in [0.29, 0.717) is 5.56 Å². The van der Waals surface area contributed by atoms with Crippen LogP contribution in [0.4, 0.5) is 8.78 Å². The van der Waals surface area contributed by atoms with Gasteiger partial charge in [0.25, 0.3) is 5.56 Å². The van der Waals surface area contributed by atoms with Crippen molar-refractivity contribution in [2.75, 3.05) is 19.2 Å². The molecule has 9 heteroatoms. The van der Waals surface area contributed by atoms with Gasteiger partial charge in [-0.1, -0.05) is 12.1 Å². The van der Waals surface area contributed by atoms with Crippen LogP contribution in [0, 0.1) is 12.7 Å². The highest BCUT2D eigenvalue weighted by Crippen LogP contribution is 2.34. The Labute approximate surface area is 187 Å². The summed E-state index contributed by atoms with van der Waals surface area (Å²) in [5.41, 5.74) is 2.04. The molecule has 2 aromatic rings. The second-order valence-electron chi connectivity index (χ2n) is 8.52. The molecule has 1 atom stereocenters. The Hall–Kier alpha value is -2.10. The van der Waals surface area contributed by atoms with E-state index in [1.54, 1.807) is 31.4 Å². The Kier molecular flexibility index (Phi) is 8.19. The fourth-order valence-electron chi connectivity index (χ4n) is 4.30. The molecule has 0 aliphatic heterocycles. The molecule has 1 aliphatic rings. The number of aromatic nitrogens is 1. The largest absolute Gasteiger partial charge is 0.378 e. The van der Waals surface area contributed by atoms with E-state index in [4.69, 9.17) is 4.74 Å². The van der Waals surface area contributed by atoms with Crippen LogP contribution in [0.1, 0.15) is 54.2 Å². The maximum Gasteiger partial charge on any atom is 0.253 e. The van der Waals surface area contributed by atoms with Crippen LogP contribution in [0.2, 0.25) is 0 Å². The lowest BCUT2D eigenvalue weighted by atomic mass is 9.82. The van der Waals surface area contributed by atoms with Crippen molar-refractivity contribution in [2.24, 2.45) is 7.05 Å². The molecule has 0 radical (unpaired) electrons. The number of pyridine rings is 1. The SMILES string of the molecule is Cc1cc([C@H](CNS(=O)(=O)CF)CO[C@H]2CC[C@@H](c3cccc(F)c3)CC2)c(=O)n(C)c1. The van der Waals surface area contributed by atoms with Gasteiger partial charge >= 0.3 is 0 Å². The van der Waals surface area contributed by atoms with Crippen LogP contribution in [0.3, 0.4) is 0 Å². The number of nitrogens with zero attached hydrogens (tertiary/aromatic N) is 1. The van der Waals surface area contributed by atoms with E-state index in [2.05, 4.69) is 4.72 Å². The van der Waals surface area contributed by atoms with Gasteiger partial charge in [-0.3, -0.25) is 4.79 Å². The van der Waals surface area contributed by atoms with Gasteiger partial charge in [0.1, 0.15) is 5.82 Å². The summed E-state index contributed by atoms with van der Waals surface area (Å²) >= 11 is 0. The van der Waals surface area contributed by atoms with E-state index in [1.807, 2.05) is 13.0 Å². The number of hydrogen-bond donors (Lipinski definition) is 1. The quantitative estimate of drug-likeness (QED) is 0.611. The summed E-state index contributed by atoms with van der Waals surface area (Å²) in [6.07, 6.45) is 4.96. The lowest BCUT2D eigenvalue weighted by Gasteiger charge is -2.30. The zero-order valence-electron chi connectivity index (χ0n) is 18.4. The molecule has 0 saturated heterocycles. The molecule has 3 rings (SSSR count). The Morgan fingerprint density at radius 3 is 2.59 bits per heavy atom. The average Bonchev–Trinajstić information content (AvgIpc) is 2.77. The Morgan fingerprint density at radius 1 is 1.22 bits per heavy atom. The minimum Gasteiger partial charge on any atom is -0.378 e. The number of aryl methyl sites for hydroxylation is 2. The van der Waals surface area contributed by atoms with Crippen molar-refractivity contribution in [3.63, 3.8) is 0 Å². The van der Waals surface area contributed by atoms with E-state index >= 15 is 0 Å². The summed E-state index contributed by atoms with van der Waals surface area (Å²) in [7, 11) is -2.42. The van der Waals surface area contributed by atoms with Crippen LogP contribution in [-0.4, -0.2) is 38.2 Å². The van der Waals surface area contributed by atoms with Crippen molar-refractivity contribution in [1.82, 2.24) is 9.29 Å². The van der Waals surface area contributed by atoms with Crippen molar-refractivity contribution in [3.05, 3.63) is 69.4 Å². The number of ether oxygens (including phenoxy) is 1. The van der Waals surface area contributed by atoms with Gasteiger partial charge in [-0.15, -0.1) is 0 Å². The van der Waals surface area contributed by atoms with Crippen molar-refractivity contribution in [2.45, 2.75) is 50.5 Å². The van der Waals surface area contributed by atoms with Gasteiger partial charge in [0.05, 0.1) is 12.7 Å². The van der Waals surface area contributed by atoms with Gasteiger partial charge in [0.15, 0.2) is 0 Å². The topological polar surface area (TPSA) is 77.4 Å². The fourth-order valence-corrected chi connectivity index (χ4v) is 4.84. The van der Waals surface area contributed by atoms with Crippen LogP contribution in [0.15, 0.2) is 41.3 Å². The maximum atomic E-state index is 13.5. The molecule has 1 heterocycles. The molecule has 1 aliphatic carbocycles. The summed E-state index contributed by atoms with van der Waals surface area (Å²) in [6.45, 7) is 1.87. The summed E-state index contributed by atoms with van der Waals surface area (Å²) in [4.78, 5) is 12.7. The highest BCUT2D eigenvalue weighted by atomic mass is 32.2. The molecule has 176 valence electrons.